The van der Waals surface area contributed by atoms with Gasteiger partial charge in [0.25, 0.3) is 0 Å². The maximum absolute atomic E-state index is 12.8. The second kappa shape index (κ2) is 8.03. The van der Waals surface area contributed by atoms with E-state index < -0.39 is 11.5 Å². The van der Waals surface area contributed by atoms with Gasteiger partial charge in [0.15, 0.2) is 0 Å². The Labute approximate surface area is 173 Å². The standard InChI is InChI=1S/C21H22BrClN2O2/c1-21(2,13-14-7-3-5-9-17(14)23)24-19(26)15-11-12-25(20(15)27)18-10-6-4-8-16(18)22/h3-10,15H,11-13H2,1-2H3,(H,24,26). The molecule has 2 aromatic rings. The van der Waals surface area contributed by atoms with Crippen LogP contribution in [0.2, 0.25) is 5.02 Å². The molecule has 1 N–H and O–H groups in total. The molecule has 4 nitrogen and oxygen atoms in total. The lowest BCUT2D eigenvalue weighted by Crippen LogP contribution is -2.49. The molecule has 3 rings (SSSR count). The summed E-state index contributed by atoms with van der Waals surface area (Å²) in [6.45, 7) is 4.42. The molecule has 2 amide bonds. The Hall–Kier alpha value is -1.85. The van der Waals surface area contributed by atoms with Crippen molar-refractivity contribution in [2.24, 2.45) is 5.92 Å². The number of benzene rings is 2. The van der Waals surface area contributed by atoms with Crippen molar-refractivity contribution in [1.82, 2.24) is 5.32 Å². The topological polar surface area (TPSA) is 49.4 Å². The minimum absolute atomic E-state index is 0.159. The summed E-state index contributed by atoms with van der Waals surface area (Å²) in [6, 6.07) is 15.1. The number of hydrogen-bond acceptors (Lipinski definition) is 2. The number of anilines is 1. The maximum Gasteiger partial charge on any atom is 0.239 e. The molecule has 1 aliphatic heterocycles. The summed E-state index contributed by atoms with van der Waals surface area (Å²) >= 11 is 9.72. The lowest BCUT2D eigenvalue weighted by atomic mass is 9.93. The second-order valence-corrected chi connectivity index (χ2v) is 8.69. The predicted molar refractivity (Wildman–Crippen MR) is 112 cm³/mol. The molecule has 0 aromatic heterocycles. The number of carbonyl (C=O) groups excluding carboxylic acids is 2. The summed E-state index contributed by atoms with van der Waals surface area (Å²) in [5.74, 6) is -1.05. The van der Waals surface area contributed by atoms with Gasteiger partial charge in [0.05, 0.1) is 5.69 Å². The van der Waals surface area contributed by atoms with Crippen LogP contribution in [0.15, 0.2) is 53.0 Å². The van der Waals surface area contributed by atoms with E-state index in [1.807, 2.05) is 62.4 Å². The lowest BCUT2D eigenvalue weighted by Gasteiger charge is -2.28. The number of halogens is 2. The third-order valence-corrected chi connectivity index (χ3v) is 5.76. The summed E-state index contributed by atoms with van der Waals surface area (Å²) in [4.78, 5) is 27.3. The summed E-state index contributed by atoms with van der Waals surface area (Å²) in [5.41, 5.74) is 1.26. The number of nitrogens with zero attached hydrogens (tertiary/aromatic N) is 1. The molecule has 0 radical (unpaired) electrons. The first-order chi connectivity index (χ1) is 12.8. The summed E-state index contributed by atoms with van der Waals surface area (Å²) in [7, 11) is 0. The highest BCUT2D eigenvalue weighted by Crippen LogP contribution is 2.32. The van der Waals surface area contributed by atoms with Crippen LogP contribution in [0.25, 0.3) is 0 Å². The van der Waals surface area contributed by atoms with E-state index in [9.17, 15) is 9.59 Å². The minimum Gasteiger partial charge on any atom is -0.350 e. The molecule has 1 aliphatic rings. The number of carbonyl (C=O) groups is 2. The molecule has 27 heavy (non-hydrogen) atoms. The zero-order valence-corrected chi connectivity index (χ0v) is 17.7. The normalized spacial score (nSPS) is 17.3. The van der Waals surface area contributed by atoms with Gasteiger partial charge in [-0.1, -0.05) is 41.9 Å². The van der Waals surface area contributed by atoms with Crippen LogP contribution in [-0.4, -0.2) is 23.9 Å². The fourth-order valence-electron chi connectivity index (χ4n) is 3.42. The highest BCUT2D eigenvalue weighted by Gasteiger charge is 2.39. The number of amides is 2. The van der Waals surface area contributed by atoms with Crippen molar-refractivity contribution in [2.75, 3.05) is 11.4 Å². The third-order valence-electron chi connectivity index (χ3n) is 4.72. The monoisotopic (exact) mass is 448 g/mol. The molecule has 1 heterocycles. The summed E-state index contributed by atoms with van der Waals surface area (Å²) in [5, 5.41) is 3.71. The van der Waals surface area contributed by atoms with Crippen molar-refractivity contribution in [3.8, 4) is 0 Å². The average molecular weight is 450 g/mol. The van der Waals surface area contributed by atoms with E-state index in [2.05, 4.69) is 21.2 Å². The van der Waals surface area contributed by atoms with Crippen molar-refractivity contribution in [1.29, 1.82) is 0 Å². The fraction of sp³-hybridized carbons (Fsp3) is 0.333. The predicted octanol–water partition coefficient (Wildman–Crippen LogP) is 4.59. The SMILES string of the molecule is CC(C)(Cc1ccccc1Cl)NC(=O)C1CCN(c2ccccc2Br)C1=O. The minimum atomic E-state index is -0.664. The molecular weight excluding hydrogens is 428 g/mol. The Bertz CT molecular complexity index is 869. The molecule has 1 unspecified atom stereocenters. The van der Waals surface area contributed by atoms with Gasteiger partial charge >= 0.3 is 0 Å². The number of nitrogens with one attached hydrogen (secondary N) is 1. The largest absolute Gasteiger partial charge is 0.350 e. The lowest BCUT2D eigenvalue weighted by molar-refractivity contribution is -0.133. The molecule has 2 aromatic carbocycles. The Kier molecular flexibility index (Phi) is 5.92. The van der Waals surface area contributed by atoms with Crippen LogP contribution in [0.1, 0.15) is 25.8 Å². The number of hydrogen-bond donors (Lipinski definition) is 1. The Balaban J connectivity index is 1.68. The molecule has 0 saturated carbocycles. The molecule has 142 valence electrons. The summed E-state index contributed by atoms with van der Waals surface area (Å²) < 4.78 is 0.846. The average Bonchev–Trinajstić information content (AvgIpc) is 2.98. The molecular formula is C21H22BrClN2O2. The van der Waals surface area contributed by atoms with Gasteiger partial charge in [-0.2, -0.15) is 0 Å². The van der Waals surface area contributed by atoms with Crippen molar-refractivity contribution in [2.45, 2.75) is 32.2 Å². The number of para-hydroxylation sites is 1. The zero-order valence-electron chi connectivity index (χ0n) is 15.3. The van der Waals surface area contributed by atoms with E-state index in [1.165, 1.54) is 0 Å². The molecule has 0 spiro atoms. The first-order valence-corrected chi connectivity index (χ1v) is 10.1. The van der Waals surface area contributed by atoms with Crippen molar-refractivity contribution in [3.05, 3.63) is 63.6 Å². The molecule has 1 fully saturated rings. The molecule has 0 bridgehead atoms. The Morgan fingerprint density at radius 3 is 2.59 bits per heavy atom. The van der Waals surface area contributed by atoms with E-state index >= 15 is 0 Å². The third kappa shape index (κ3) is 4.53. The Morgan fingerprint density at radius 1 is 1.22 bits per heavy atom. The van der Waals surface area contributed by atoms with Gasteiger partial charge in [-0.25, -0.2) is 0 Å². The molecule has 1 saturated heterocycles. The highest BCUT2D eigenvalue weighted by molar-refractivity contribution is 9.10. The van der Waals surface area contributed by atoms with Crippen LogP contribution in [0.3, 0.4) is 0 Å². The van der Waals surface area contributed by atoms with E-state index in [1.54, 1.807) is 4.90 Å². The van der Waals surface area contributed by atoms with Crippen molar-refractivity contribution in [3.63, 3.8) is 0 Å². The molecule has 1 atom stereocenters. The zero-order chi connectivity index (χ0) is 19.6. The van der Waals surface area contributed by atoms with E-state index in [0.29, 0.717) is 24.4 Å². The highest BCUT2D eigenvalue weighted by atomic mass is 79.9. The van der Waals surface area contributed by atoms with Crippen LogP contribution >= 0.6 is 27.5 Å². The number of rotatable bonds is 5. The first kappa shape index (κ1) is 19.9. The van der Waals surface area contributed by atoms with Gasteiger partial charge in [-0.3, -0.25) is 9.59 Å². The van der Waals surface area contributed by atoms with Gasteiger partial charge in [0, 0.05) is 21.6 Å². The van der Waals surface area contributed by atoms with Crippen LogP contribution in [0, 0.1) is 5.92 Å². The molecule has 6 heteroatoms. The van der Waals surface area contributed by atoms with Crippen LogP contribution in [0.5, 0.6) is 0 Å². The quantitative estimate of drug-likeness (QED) is 0.679. The van der Waals surface area contributed by atoms with Crippen LogP contribution < -0.4 is 10.2 Å². The van der Waals surface area contributed by atoms with Crippen LogP contribution in [0.4, 0.5) is 5.69 Å². The first-order valence-electron chi connectivity index (χ1n) is 8.90. The van der Waals surface area contributed by atoms with Gasteiger partial charge in [0.1, 0.15) is 5.92 Å². The fourth-order valence-corrected chi connectivity index (χ4v) is 4.12. The Morgan fingerprint density at radius 2 is 1.89 bits per heavy atom. The second-order valence-electron chi connectivity index (χ2n) is 7.42. The smallest absolute Gasteiger partial charge is 0.239 e. The van der Waals surface area contributed by atoms with Crippen molar-refractivity contribution < 1.29 is 9.59 Å². The maximum atomic E-state index is 12.8. The van der Waals surface area contributed by atoms with Gasteiger partial charge in [-0.05, 0) is 66.4 Å². The van der Waals surface area contributed by atoms with Gasteiger partial charge in [0.2, 0.25) is 11.8 Å². The van der Waals surface area contributed by atoms with E-state index in [0.717, 1.165) is 15.7 Å². The van der Waals surface area contributed by atoms with Gasteiger partial charge < -0.3 is 10.2 Å². The van der Waals surface area contributed by atoms with Crippen molar-refractivity contribution >= 4 is 45.0 Å². The summed E-state index contributed by atoms with van der Waals surface area (Å²) in [6.07, 6.45) is 1.10. The van der Waals surface area contributed by atoms with Crippen LogP contribution in [-0.2, 0) is 16.0 Å². The van der Waals surface area contributed by atoms with Gasteiger partial charge in [-0.15, -0.1) is 0 Å². The molecule has 0 aliphatic carbocycles. The van der Waals surface area contributed by atoms with E-state index in [4.69, 9.17) is 11.6 Å². The van der Waals surface area contributed by atoms with E-state index in [-0.39, 0.29) is 11.8 Å².